The second kappa shape index (κ2) is 8.01. The zero-order valence-electron chi connectivity index (χ0n) is 15.3. The quantitative estimate of drug-likeness (QED) is 0.766. The van der Waals surface area contributed by atoms with E-state index in [1.165, 1.54) is 26.2 Å². The first-order valence-corrected chi connectivity index (χ1v) is 10.1. The smallest absolute Gasteiger partial charge is 0.253 e. The molecule has 0 N–H and O–H groups in total. The highest BCUT2D eigenvalue weighted by atomic mass is 32.2. The van der Waals surface area contributed by atoms with Crippen LogP contribution in [-0.4, -0.2) is 66.8 Å². The number of ether oxygens (including phenoxy) is 1. The van der Waals surface area contributed by atoms with Crippen molar-refractivity contribution in [3.05, 3.63) is 48.4 Å². The van der Waals surface area contributed by atoms with Crippen molar-refractivity contribution < 1.29 is 17.9 Å². The summed E-state index contributed by atoms with van der Waals surface area (Å²) in [4.78, 5) is 22.7. The number of amides is 1. The minimum atomic E-state index is -3.51. The molecule has 2 aromatic rings. The third kappa shape index (κ3) is 4.42. The number of likely N-dealkylation sites (tertiary alicyclic amines) is 1. The molecule has 0 bridgehead atoms. The topological polar surface area (TPSA) is 92.7 Å². The van der Waals surface area contributed by atoms with E-state index in [0.717, 1.165) is 17.1 Å². The van der Waals surface area contributed by atoms with Crippen LogP contribution in [0.3, 0.4) is 0 Å². The Labute approximate surface area is 158 Å². The molecule has 144 valence electrons. The number of nitrogens with zero attached hydrogens (tertiary/aromatic N) is 4. The highest BCUT2D eigenvalue weighted by Gasteiger charge is 2.26. The Hall–Kier alpha value is -2.52. The molecule has 1 aromatic heterocycles. The van der Waals surface area contributed by atoms with Crippen molar-refractivity contribution in [1.29, 1.82) is 0 Å². The van der Waals surface area contributed by atoms with Crippen LogP contribution in [0.5, 0.6) is 5.88 Å². The number of aromatic nitrogens is 2. The van der Waals surface area contributed by atoms with E-state index in [2.05, 4.69) is 9.97 Å². The summed E-state index contributed by atoms with van der Waals surface area (Å²) in [5, 5.41) is 0. The first-order chi connectivity index (χ1) is 12.9. The first kappa shape index (κ1) is 19.2. The molecule has 0 saturated carbocycles. The van der Waals surface area contributed by atoms with Gasteiger partial charge in [-0.2, -0.15) is 0 Å². The number of rotatable bonds is 5. The number of benzene rings is 1. The van der Waals surface area contributed by atoms with E-state index in [1.807, 2.05) is 0 Å². The maximum atomic E-state index is 12.8. The standard InChI is InChI=1S/C18H22N4O4S/c1-21(2)27(24,25)16-7-5-14(6-8-16)18(23)22-11-3-4-15(13-22)26-17-12-19-9-10-20-17/h5-10,12,15H,3-4,11,13H2,1-2H3. The Morgan fingerprint density at radius 2 is 1.96 bits per heavy atom. The Morgan fingerprint density at radius 1 is 1.22 bits per heavy atom. The fraction of sp³-hybridized carbons (Fsp3) is 0.389. The molecule has 1 atom stereocenters. The van der Waals surface area contributed by atoms with E-state index in [9.17, 15) is 13.2 Å². The van der Waals surface area contributed by atoms with Gasteiger partial charge in [0.25, 0.3) is 5.91 Å². The zero-order chi connectivity index (χ0) is 19.4. The fourth-order valence-electron chi connectivity index (χ4n) is 2.90. The van der Waals surface area contributed by atoms with Gasteiger partial charge in [-0.3, -0.25) is 9.78 Å². The van der Waals surface area contributed by atoms with Gasteiger partial charge < -0.3 is 9.64 Å². The Balaban J connectivity index is 1.68. The molecule has 1 fully saturated rings. The predicted molar refractivity (Wildman–Crippen MR) is 98.9 cm³/mol. The van der Waals surface area contributed by atoms with Crippen LogP contribution in [0.1, 0.15) is 23.2 Å². The molecule has 0 radical (unpaired) electrons. The molecule has 1 saturated heterocycles. The molecular weight excluding hydrogens is 368 g/mol. The monoisotopic (exact) mass is 390 g/mol. The Morgan fingerprint density at radius 3 is 2.59 bits per heavy atom. The van der Waals surface area contributed by atoms with E-state index >= 15 is 0 Å². The minimum Gasteiger partial charge on any atom is -0.471 e. The maximum Gasteiger partial charge on any atom is 0.253 e. The van der Waals surface area contributed by atoms with Crippen molar-refractivity contribution in [3.63, 3.8) is 0 Å². The normalized spacial score (nSPS) is 17.7. The Kier molecular flexibility index (Phi) is 5.71. The predicted octanol–water partition coefficient (Wildman–Crippen LogP) is 1.41. The van der Waals surface area contributed by atoms with Gasteiger partial charge in [0.05, 0.1) is 17.6 Å². The number of carbonyl (C=O) groups excluding carboxylic acids is 1. The lowest BCUT2D eigenvalue weighted by atomic mass is 10.1. The first-order valence-electron chi connectivity index (χ1n) is 8.62. The number of carbonyl (C=O) groups is 1. The summed E-state index contributed by atoms with van der Waals surface area (Å²) < 4.78 is 31.2. The molecule has 1 amide bonds. The average Bonchev–Trinajstić information content (AvgIpc) is 2.68. The SMILES string of the molecule is CN(C)S(=O)(=O)c1ccc(C(=O)N2CCCC(Oc3cnccn3)C2)cc1. The van der Waals surface area contributed by atoms with Gasteiger partial charge in [0.15, 0.2) is 0 Å². The van der Waals surface area contributed by atoms with Crippen molar-refractivity contribution in [3.8, 4) is 5.88 Å². The number of sulfonamides is 1. The lowest BCUT2D eigenvalue weighted by Gasteiger charge is -2.32. The van der Waals surface area contributed by atoms with Gasteiger partial charge in [-0.15, -0.1) is 0 Å². The summed E-state index contributed by atoms with van der Waals surface area (Å²) in [5.74, 6) is 0.297. The molecule has 3 rings (SSSR count). The molecular formula is C18H22N4O4S. The largest absolute Gasteiger partial charge is 0.471 e. The van der Waals surface area contributed by atoms with Crippen molar-refractivity contribution in [2.24, 2.45) is 0 Å². The van der Waals surface area contributed by atoms with Crippen molar-refractivity contribution in [2.75, 3.05) is 27.2 Å². The number of hydrogen-bond acceptors (Lipinski definition) is 6. The third-order valence-electron chi connectivity index (χ3n) is 4.37. The van der Waals surface area contributed by atoms with E-state index < -0.39 is 10.0 Å². The second-order valence-electron chi connectivity index (χ2n) is 6.49. The van der Waals surface area contributed by atoms with Crippen molar-refractivity contribution in [1.82, 2.24) is 19.2 Å². The summed E-state index contributed by atoms with van der Waals surface area (Å²) in [6.45, 7) is 1.09. The summed E-state index contributed by atoms with van der Waals surface area (Å²) in [7, 11) is -0.569. The van der Waals surface area contributed by atoms with Gasteiger partial charge in [0.1, 0.15) is 6.10 Å². The van der Waals surface area contributed by atoms with Crippen LogP contribution in [0.4, 0.5) is 0 Å². The van der Waals surface area contributed by atoms with E-state index in [4.69, 9.17) is 4.74 Å². The van der Waals surface area contributed by atoms with Gasteiger partial charge >= 0.3 is 0 Å². The Bertz CT molecular complexity index is 885. The summed E-state index contributed by atoms with van der Waals surface area (Å²) in [5.41, 5.74) is 0.452. The maximum absolute atomic E-state index is 12.8. The zero-order valence-corrected chi connectivity index (χ0v) is 16.1. The van der Waals surface area contributed by atoms with Crippen LogP contribution < -0.4 is 4.74 Å². The van der Waals surface area contributed by atoms with Crippen LogP contribution in [-0.2, 0) is 10.0 Å². The van der Waals surface area contributed by atoms with Crippen LogP contribution in [0.15, 0.2) is 47.8 Å². The third-order valence-corrected chi connectivity index (χ3v) is 6.20. The van der Waals surface area contributed by atoms with Crippen molar-refractivity contribution in [2.45, 2.75) is 23.8 Å². The van der Waals surface area contributed by atoms with Crippen LogP contribution in [0.2, 0.25) is 0 Å². The highest BCUT2D eigenvalue weighted by Crippen LogP contribution is 2.19. The minimum absolute atomic E-state index is 0.142. The molecule has 0 spiro atoms. The molecule has 1 aliphatic heterocycles. The van der Waals surface area contributed by atoms with Gasteiger partial charge in [-0.25, -0.2) is 17.7 Å². The van der Waals surface area contributed by atoms with E-state index in [0.29, 0.717) is 24.5 Å². The molecule has 1 aliphatic rings. The molecule has 27 heavy (non-hydrogen) atoms. The fourth-order valence-corrected chi connectivity index (χ4v) is 3.80. The van der Waals surface area contributed by atoms with Crippen molar-refractivity contribution >= 4 is 15.9 Å². The average molecular weight is 390 g/mol. The van der Waals surface area contributed by atoms with E-state index in [1.54, 1.807) is 35.6 Å². The van der Waals surface area contributed by atoms with Crippen LogP contribution in [0.25, 0.3) is 0 Å². The van der Waals surface area contributed by atoms with Crippen LogP contribution >= 0.6 is 0 Å². The van der Waals surface area contributed by atoms with Crippen LogP contribution in [0, 0.1) is 0 Å². The molecule has 8 nitrogen and oxygen atoms in total. The van der Waals surface area contributed by atoms with Gasteiger partial charge in [-0.1, -0.05) is 0 Å². The van der Waals surface area contributed by atoms with E-state index in [-0.39, 0.29) is 16.9 Å². The number of piperidine rings is 1. The van der Waals surface area contributed by atoms with Gasteiger partial charge in [0.2, 0.25) is 15.9 Å². The lowest BCUT2D eigenvalue weighted by Crippen LogP contribution is -2.44. The molecule has 0 aliphatic carbocycles. The lowest BCUT2D eigenvalue weighted by molar-refractivity contribution is 0.0527. The summed E-state index contributed by atoms with van der Waals surface area (Å²) in [6, 6.07) is 6.01. The van der Waals surface area contributed by atoms with Gasteiger partial charge in [-0.05, 0) is 37.1 Å². The summed E-state index contributed by atoms with van der Waals surface area (Å²) in [6.07, 6.45) is 6.19. The molecule has 9 heteroatoms. The molecule has 1 aromatic carbocycles. The molecule has 2 heterocycles. The number of hydrogen-bond donors (Lipinski definition) is 0. The highest BCUT2D eigenvalue weighted by molar-refractivity contribution is 7.89. The molecule has 1 unspecified atom stereocenters. The second-order valence-corrected chi connectivity index (χ2v) is 8.64. The summed E-state index contributed by atoms with van der Waals surface area (Å²) >= 11 is 0. The van der Waals surface area contributed by atoms with Gasteiger partial charge in [0, 0.05) is 38.6 Å².